The van der Waals surface area contributed by atoms with Crippen LogP contribution in [0.4, 0.5) is 5.69 Å². The summed E-state index contributed by atoms with van der Waals surface area (Å²) in [6, 6.07) is 5.89. The maximum absolute atomic E-state index is 11.7. The second kappa shape index (κ2) is 7.32. The minimum Gasteiger partial charge on any atom is -0.329 e. The SMILES string of the molecule is CC(=O)Nc1ccc(S(=O)(=O)NCCN)cc1.Cl. The molecule has 1 rings (SSSR count). The van der Waals surface area contributed by atoms with Crippen LogP contribution in [0.25, 0.3) is 0 Å². The molecule has 1 aromatic carbocycles. The predicted octanol–water partition coefficient (Wildman–Crippen LogP) is 0.304. The fraction of sp³-hybridized carbons (Fsp3) is 0.300. The topological polar surface area (TPSA) is 101 Å². The highest BCUT2D eigenvalue weighted by molar-refractivity contribution is 7.89. The van der Waals surface area contributed by atoms with Gasteiger partial charge in [-0.3, -0.25) is 4.79 Å². The molecule has 0 aliphatic rings. The Morgan fingerprint density at radius 3 is 2.28 bits per heavy atom. The monoisotopic (exact) mass is 293 g/mol. The maximum Gasteiger partial charge on any atom is 0.240 e. The van der Waals surface area contributed by atoms with Gasteiger partial charge >= 0.3 is 0 Å². The molecule has 0 saturated carbocycles. The van der Waals surface area contributed by atoms with Gasteiger partial charge in [-0.2, -0.15) is 0 Å². The second-order valence-corrected chi connectivity index (χ2v) is 5.16. The third kappa shape index (κ3) is 5.01. The minimum atomic E-state index is -3.51. The highest BCUT2D eigenvalue weighted by Gasteiger charge is 2.12. The smallest absolute Gasteiger partial charge is 0.240 e. The predicted molar refractivity (Wildman–Crippen MR) is 72.2 cm³/mol. The van der Waals surface area contributed by atoms with Gasteiger partial charge in [-0.15, -0.1) is 12.4 Å². The Bertz CT molecular complexity index is 488. The van der Waals surface area contributed by atoms with E-state index in [1.54, 1.807) is 0 Å². The lowest BCUT2D eigenvalue weighted by Gasteiger charge is -2.06. The first-order valence-electron chi connectivity index (χ1n) is 5.03. The normalized spacial score (nSPS) is 10.6. The molecule has 0 unspecified atom stereocenters. The van der Waals surface area contributed by atoms with E-state index in [-0.39, 0.29) is 36.3 Å². The molecule has 0 fully saturated rings. The summed E-state index contributed by atoms with van der Waals surface area (Å²) in [4.78, 5) is 10.9. The van der Waals surface area contributed by atoms with E-state index >= 15 is 0 Å². The van der Waals surface area contributed by atoms with Gasteiger partial charge in [-0.05, 0) is 24.3 Å². The summed E-state index contributed by atoms with van der Waals surface area (Å²) < 4.78 is 25.7. The van der Waals surface area contributed by atoms with E-state index in [1.165, 1.54) is 31.2 Å². The summed E-state index contributed by atoms with van der Waals surface area (Å²) in [6.45, 7) is 1.81. The molecule has 0 aliphatic heterocycles. The van der Waals surface area contributed by atoms with Gasteiger partial charge < -0.3 is 11.1 Å². The maximum atomic E-state index is 11.7. The van der Waals surface area contributed by atoms with Gasteiger partial charge in [-0.1, -0.05) is 0 Å². The number of hydrogen-bond donors (Lipinski definition) is 3. The molecule has 102 valence electrons. The number of anilines is 1. The van der Waals surface area contributed by atoms with Gasteiger partial charge in [0.15, 0.2) is 0 Å². The number of amides is 1. The van der Waals surface area contributed by atoms with Crippen LogP contribution < -0.4 is 15.8 Å². The van der Waals surface area contributed by atoms with Crippen molar-refractivity contribution in [1.29, 1.82) is 0 Å². The van der Waals surface area contributed by atoms with Crippen LogP contribution in [0.15, 0.2) is 29.2 Å². The first-order chi connectivity index (χ1) is 7.95. The molecule has 0 saturated heterocycles. The zero-order chi connectivity index (χ0) is 12.9. The highest BCUT2D eigenvalue weighted by atomic mass is 35.5. The summed E-state index contributed by atoms with van der Waals surface area (Å²) in [5.41, 5.74) is 5.77. The molecule has 0 spiro atoms. The van der Waals surface area contributed by atoms with Gasteiger partial charge in [0, 0.05) is 25.7 Å². The standard InChI is InChI=1S/C10H15N3O3S.ClH/c1-8(14)13-9-2-4-10(5-3-9)17(15,16)12-7-6-11;/h2-5,12H,6-7,11H2,1H3,(H,13,14);1H. The van der Waals surface area contributed by atoms with E-state index in [4.69, 9.17) is 5.73 Å². The first kappa shape index (κ1) is 16.9. The highest BCUT2D eigenvalue weighted by Crippen LogP contribution is 2.13. The summed E-state index contributed by atoms with van der Waals surface area (Å²) >= 11 is 0. The number of rotatable bonds is 5. The van der Waals surface area contributed by atoms with Crippen LogP contribution in [0.3, 0.4) is 0 Å². The fourth-order valence-electron chi connectivity index (χ4n) is 1.20. The average Bonchev–Trinajstić information content (AvgIpc) is 2.26. The van der Waals surface area contributed by atoms with Gasteiger partial charge in [0.2, 0.25) is 15.9 Å². The molecule has 18 heavy (non-hydrogen) atoms. The van der Waals surface area contributed by atoms with Crippen molar-refractivity contribution in [2.75, 3.05) is 18.4 Å². The van der Waals surface area contributed by atoms with E-state index in [2.05, 4.69) is 10.0 Å². The largest absolute Gasteiger partial charge is 0.329 e. The summed E-state index contributed by atoms with van der Waals surface area (Å²) in [5, 5.41) is 2.55. The quantitative estimate of drug-likeness (QED) is 0.727. The lowest BCUT2D eigenvalue weighted by Crippen LogP contribution is -2.29. The fourth-order valence-corrected chi connectivity index (χ4v) is 2.24. The van der Waals surface area contributed by atoms with Crippen LogP contribution in [-0.2, 0) is 14.8 Å². The molecule has 4 N–H and O–H groups in total. The Balaban J connectivity index is 0.00000289. The van der Waals surface area contributed by atoms with Crippen LogP contribution in [0.2, 0.25) is 0 Å². The summed E-state index contributed by atoms with van der Waals surface area (Å²) in [6.07, 6.45) is 0. The molecule has 0 bridgehead atoms. The Morgan fingerprint density at radius 2 is 1.83 bits per heavy atom. The molecule has 0 heterocycles. The number of sulfonamides is 1. The zero-order valence-corrected chi connectivity index (χ0v) is 11.5. The van der Waals surface area contributed by atoms with E-state index in [9.17, 15) is 13.2 Å². The van der Waals surface area contributed by atoms with Crippen LogP contribution >= 0.6 is 12.4 Å². The van der Waals surface area contributed by atoms with Gasteiger partial charge in [-0.25, -0.2) is 13.1 Å². The molecule has 0 atom stereocenters. The van der Waals surface area contributed by atoms with Crippen molar-refractivity contribution in [1.82, 2.24) is 4.72 Å². The molecule has 6 nitrogen and oxygen atoms in total. The van der Waals surface area contributed by atoms with Crippen LogP contribution in [0.1, 0.15) is 6.92 Å². The molecule has 0 aromatic heterocycles. The molecular formula is C10H16ClN3O3S. The van der Waals surface area contributed by atoms with Crippen LogP contribution in [0.5, 0.6) is 0 Å². The Kier molecular flexibility index (Phi) is 6.85. The Hall–Kier alpha value is -1.15. The van der Waals surface area contributed by atoms with Crippen molar-refractivity contribution in [3.63, 3.8) is 0 Å². The minimum absolute atomic E-state index is 0. The lowest BCUT2D eigenvalue weighted by atomic mass is 10.3. The van der Waals surface area contributed by atoms with Crippen molar-refractivity contribution in [2.45, 2.75) is 11.8 Å². The summed E-state index contributed by atoms with van der Waals surface area (Å²) in [7, 11) is -3.51. The van der Waals surface area contributed by atoms with Gasteiger partial charge in [0.25, 0.3) is 0 Å². The third-order valence-electron chi connectivity index (χ3n) is 1.92. The molecule has 8 heteroatoms. The average molecular weight is 294 g/mol. The molecule has 1 aromatic rings. The van der Waals surface area contributed by atoms with E-state index in [1.807, 2.05) is 0 Å². The third-order valence-corrected chi connectivity index (χ3v) is 3.40. The number of nitrogens with one attached hydrogen (secondary N) is 2. The molecular weight excluding hydrogens is 278 g/mol. The zero-order valence-electron chi connectivity index (χ0n) is 9.84. The molecule has 0 aliphatic carbocycles. The van der Waals surface area contributed by atoms with Crippen LogP contribution in [0, 0.1) is 0 Å². The lowest BCUT2D eigenvalue weighted by molar-refractivity contribution is -0.114. The number of halogens is 1. The number of carbonyl (C=O) groups is 1. The van der Waals surface area contributed by atoms with E-state index in [0.717, 1.165) is 0 Å². The van der Waals surface area contributed by atoms with Crippen molar-refractivity contribution in [3.8, 4) is 0 Å². The van der Waals surface area contributed by atoms with Gasteiger partial charge in [0.05, 0.1) is 4.90 Å². The van der Waals surface area contributed by atoms with Crippen molar-refractivity contribution in [3.05, 3.63) is 24.3 Å². The number of nitrogens with two attached hydrogens (primary N) is 1. The number of hydrogen-bond acceptors (Lipinski definition) is 4. The Morgan fingerprint density at radius 1 is 1.28 bits per heavy atom. The van der Waals surface area contributed by atoms with Crippen LogP contribution in [-0.4, -0.2) is 27.4 Å². The van der Waals surface area contributed by atoms with Crippen molar-refractivity contribution >= 4 is 34.0 Å². The number of benzene rings is 1. The van der Waals surface area contributed by atoms with Gasteiger partial charge in [0.1, 0.15) is 0 Å². The molecule has 0 radical (unpaired) electrons. The summed E-state index contributed by atoms with van der Waals surface area (Å²) in [5.74, 6) is -0.207. The number of carbonyl (C=O) groups excluding carboxylic acids is 1. The van der Waals surface area contributed by atoms with E-state index in [0.29, 0.717) is 5.69 Å². The van der Waals surface area contributed by atoms with Crippen molar-refractivity contribution < 1.29 is 13.2 Å². The first-order valence-corrected chi connectivity index (χ1v) is 6.51. The van der Waals surface area contributed by atoms with Crippen molar-refractivity contribution in [2.24, 2.45) is 5.73 Å². The molecule has 1 amide bonds. The Labute approximate surface area is 112 Å². The van der Waals surface area contributed by atoms with E-state index < -0.39 is 10.0 Å². The second-order valence-electron chi connectivity index (χ2n) is 3.39.